The second kappa shape index (κ2) is 66.5. The topological polar surface area (TPSA) is 72.8 Å². The Balaban J connectivity index is 3.66. The lowest BCUT2D eigenvalue weighted by atomic mass is 10.0. The zero-order chi connectivity index (χ0) is 56.2. The van der Waals surface area contributed by atoms with Gasteiger partial charge in [-0.25, -0.2) is 0 Å². The number of allylic oxidation sites excluding steroid dienone is 28. The van der Waals surface area contributed by atoms with Gasteiger partial charge in [-0.05, 0) is 135 Å². The molecule has 0 aliphatic heterocycles. The van der Waals surface area contributed by atoms with E-state index < -0.39 is 6.10 Å². The highest BCUT2D eigenvalue weighted by molar-refractivity contribution is 5.70. The minimum absolute atomic E-state index is 0.0869. The van der Waals surface area contributed by atoms with Crippen molar-refractivity contribution < 1.29 is 24.2 Å². The van der Waals surface area contributed by atoms with E-state index in [0.29, 0.717) is 12.8 Å². The van der Waals surface area contributed by atoms with E-state index in [4.69, 9.17) is 9.47 Å². The van der Waals surface area contributed by atoms with E-state index in [-0.39, 0.29) is 25.2 Å². The van der Waals surface area contributed by atoms with E-state index in [1.807, 2.05) is 0 Å². The van der Waals surface area contributed by atoms with E-state index in [9.17, 15) is 14.7 Å². The van der Waals surface area contributed by atoms with Crippen molar-refractivity contribution in [1.82, 2.24) is 0 Å². The average Bonchev–Trinajstić information content (AvgIpc) is 3.44. The Morgan fingerprint density at radius 3 is 0.833 bits per heavy atom. The molecule has 1 atom stereocenters. The zero-order valence-corrected chi connectivity index (χ0v) is 50.1. The summed E-state index contributed by atoms with van der Waals surface area (Å²) in [4.78, 5) is 24.6. The predicted octanol–water partition coefficient (Wildman–Crippen LogP) is 22.1. The third-order valence-electron chi connectivity index (χ3n) is 13.0. The van der Waals surface area contributed by atoms with Gasteiger partial charge in [0.25, 0.3) is 0 Å². The Morgan fingerprint density at radius 2 is 0.551 bits per heavy atom. The molecular weight excluding hydrogens is 957 g/mol. The van der Waals surface area contributed by atoms with Crippen molar-refractivity contribution in [2.24, 2.45) is 0 Å². The summed E-state index contributed by atoms with van der Waals surface area (Å²) in [6, 6.07) is 0. The molecule has 1 unspecified atom stereocenters. The Kier molecular flexibility index (Phi) is 62.5. The lowest BCUT2D eigenvalue weighted by Crippen LogP contribution is -2.28. The van der Waals surface area contributed by atoms with Crippen LogP contribution < -0.4 is 0 Å². The molecule has 0 fully saturated rings. The molecule has 0 aliphatic carbocycles. The standard InChI is InChI=1S/C73H116O5/c1-3-5-7-9-11-13-15-17-19-21-23-25-27-28-29-30-31-32-33-34-35-36-37-38-39-40-41-42-43-44-46-48-50-52-54-56-58-60-62-64-66-68-73(76)78-71(69-74)70-77-72(75)67-65-63-61-59-57-55-53-51-49-47-45-26-24-22-20-18-16-14-12-10-8-6-4-2/h5,7,11,13,16-19,22-25,28-29,31-32,34-35,37-38,40-41,43-44,48,50,54,56,71,74H,3-4,6,8-10,12,14-15,20-21,26-27,30,33,36,39,42,45-47,49,51-53,55,57-70H2,1-2H3/b7-5-,13-11-,18-16-,19-17-,24-22-,25-23-,29-28-,32-31-,35-34-,38-37-,41-40-,44-43-,50-48-,56-54-. The van der Waals surface area contributed by atoms with Crippen LogP contribution in [0.2, 0.25) is 0 Å². The summed E-state index contributed by atoms with van der Waals surface area (Å²) >= 11 is 0. The summed E-state index contributed by atoms with van der Waals surface area (Å²) < 4.78 is 10.7. The van der Waals surface area contributed by atoms with Crippen molar-refractivity contribution >= 4 is 11.9 Å². The highest BCUT2D eigenvalue weighted by atomic mass is 16.6. The molecule has 78 heavy (non-hydrogen) atoms. The van der Waals surface area contributed by atoms with Crippen molar-refractivity contribution in [3.05, 3.63) is 170 Å². The van der Waals surface area contributed by atoms with Crippen LogP contribution in [0.5, 0.6) is 0 Å². The Bertz CT molecular complexity index is 1740. The van der Waals surface area contributed by atoms with Crippen LogP contribution in [0.4, 0.5) is 0 Å². The van der Waals surface area contributed by atoms with Gasteiger partial charge in [0.1, 0.15) is 6.61 Å². The summed E-state index contributed by atoms with van der Waals surface area (Å²) in [6.07, 6.45) is 103. The zero-order valence-electron chi connectivity index (χ0n) is 50.1. The van der Waals surface area contributed by atoms with Crippen molar-refractivity contribution in [2.45, 2.75) is 264 Å². The van der Waals surface area contributed by atoms with E-state index >= 15 is 0 Å². The molecule has 0 amide bonds. The van der Waals surface area contributed by atoms with Gasteiger partial charge in [-0.1, -0.05) is 280 Å². The van der Waals surface area contributed by atoms with Gasteiger partial charge in [-0.15, -0.1) is 0 Å². The highest BCUT2D eigenvalue weighted by Crippen LogP contribution is 2.14. The molecule has 0 bridgehead atoms. The predicted molar refractivity (Wildman–Crippen MR) is 343 cm³/mol. The fraction of sp³-hybridized carbons (Fsp3) is 0.589. The molecule has 0 rings (SSSR count). The molecule has 0 aromatic rings. The Hall–Kier alpha value is -4.74. The van der Waals surface area contributed by atoms with Gasteiger partial charge in [0.05, 0.1) is 6.61 Å². The monoisotopic (exact) mass is 1070 g/mol. The maximum Gasteiger partial charge on any atom is 0.306 e. The van der Waals surface area contributed by atoms with Gasteiger partial charge in [0, 0.05) is 12.8 Å². The van der Waals surface area contributed by atoms with E-state index in [1.165, 1.54) is 96.3 Å². The molecule has 5 nitrogen and oxygen atoms in total. The van der Waals surface area contributed by atoms with Crippen LogP contribution in [-0.2, 0) is 19.1 Å². The van der Waals surface area contributed by atoms with E-state index in [1.54, 1.807) is 0 Å². The normalized spacial score (nSPS) is 13.4. The number of hydrogen-bond donors (Lipinski definition) is 1. The first-order valence-electron chi connectivity index (χ1n) is 31.7. The van der Waals surface area contributed by atoms with Crippen molar-refractivity contribution in [1.29, 1.82) is 0 Å². The molecule has 438 valence electrons. The van der Waals surface area contributed by atoms with Crippen LogP contribution in [-0.4, -0.2) is 36.4 Å². The van der Waals surface area contributed by atoms with Gasteiger partial charge in [0.2, 0.25) is 0 Å². The smallest absolute Gasteiger partial charge is 0.306 e. The molecule has 5 heteroatoms. The molecule has 0 saturated carbocycles. The van der Waals surface area contributed by atoms with Gasteiger partial charge in [-0.3, -0.25) is 9.59 Å². The average molecular weight is 1070 g/mol. The van der Waals surface area contributed by atoms with Crippen molar-refractivity contribution in [3.63, 3.8) is 0 Å². The van der Waals surface area contributed by atoms with Crippen molar-refractivity contribution in [2.75, 3.05) is 13.2 Å². The van der Waals surface area contributed by atoms with Gasteiger partial charge in [-0.2, -0.15) is 0 Å². The molecule has 0 spiro atoms. The number of hydrogen-bond acceptors (Lipinski definition) is 5. The van der Waals surface area contributed by atoms with E-state index in [0.717, 1.165) is 135 Å². The molecule has 0 radical (unpaired) electrons. The van der Waals surface area contributed by atoms with Crippen LogP contribution in [0.1, 0.15) is 258 Å². The SMILES string of the molecule is CC/C=C\C/C=C\C/C=C\C/C=C\C/C=C\C/C=C\C/C=C\C/C=C\C/C=C\C/C=C\C/C=C\C/C=C\CCCCCCC(=O)OC(CO)COC(=O)CCCCCCCCCCCCC/C=C\C/C=C\CCCCCCC. The molecular formula is C73H116O5. The van der Waals surface area contributed by atoms with Crippen LogP contribution >= 0.6 is 0 Å². The molecule has 0 saturated heterocycles. The molecule has 0 aromatic heterocycles. The maximum atomic E-state index is 12.3. The third-order valence-corrected chi connectivity index (χ3v) is 13.0. The van der Waals surface area contributed by atoms with Crippen LogP contribution in [0, 0.1) is 0 Å². The number of ether oxygens (including phenoxy) is 2. The number of rotatable bonds is 56. The number of carbonyl (C=O) groups excluding carboxylic acids is 2. The highest BCUT2D eigenvalue weighted by Gasteiger charge is 2.16. The summed E-state index contributed by atoms with van der Waals surface area (Å²) in [5.41, 5.74) is 0. The molecule has 0 heterocycles. The minimum Gasteiger partial charge on any atom is -0.462 e. The summed E-state index contributed by atoms with van der Waals surface area (Å²) in [7, 11) is 0. The fourth-order valence-electron chi connectivity index (χ4n) is 8.27. The van der Waals surface area contributed by atoms with Crippen LogP contribution in [0.15, 0.2) is 170 Å². The first-order chi connectivity index (χ1) is 38.6. The lowest BCUT2D eigenvalue weighted by Gasteiger charge is -2.15. The number of aliphatic hydroxyl groups is 1. The van der Waals surface area contributed by atoms with Crippen LogP contribution in [0.25, 0.3) is 0 Å². The Morgan fingerprint density at radius 1 is 0.308 bits per heavy atom. The number of carbonyl (C=O) groups is 2. The second-order valence-electron chi connectivity index (χ2n) is 20.4. The minimum atomic E-state index is -0.800. The van der Waals surface area contributed by atoms with E-state index in [2.05, 4.69) is 184 Å². The largest absolute Gasteiger partial charge is 0.462 e. The quantitative estimate of drug-likeness (QED) is 0.0373. The molecule has 0 aliphatic rings. The third kappa shape index (κ3) is 63.8. The molecule has 0 aromatic carbocycles. The summed E-state index contributed by atoms with van der Waals surface area (Å²) in [5, 5.41) is 9.67. The number of esters is 2. The molecule has 1 N–H and O–H groups in total. The van der Waals surface area contributed by atoms with Crippen molar-refractivity contribution in [3.8, 4) is 0 Å². The van der Waals surface area contributed by atoms with Gasteiger partial charge < -0.3 is 14.6 Å². The summed E-state index contributed by atoms with van der Waals surface area (Å²) in [6.45, 7) is 3.99. The first-order valence-corrected chi connectivity index (χ1v) is 31.7. The second-order valence-corrected chi connectivity index (χ2v) is 20.4. The number of unbranched alkanes of at least 4 members (excludes halogenated alkanes) is 20. The first kappa shape index (κ1) is 73.3. The number of aliphatic hydroxyl groups excluding tert-OH is 1. The van der Waals surface area contributed by atoms with Crippen LogP contribution in [0.3, 0.4) is 0 Å². The van der Waals surface area contributed by atoms with Gasteiger partial charge in [0.15, 0.2) is 6.10 Å². The fourth-order valence-corrected chi connectivity index (χ4v) is 8.27. The summed E-state index contributed by atoms with van der Waals surface area (Å²) in [5.74, 6) is -0.630. The maximum absolute atomic E-state index is 12.3. The lowest BCUT2D eigenvalue weighted by molar-refractivity contribution is -0.161. The Labute approximate surface area is 481 Å². The van der Waals surface area contributed by atoms with Gasteiger partial charge >= 0.3 is 11.9 Å².